The number of nitrogens with one attached hydrogen (secondary N) is 1. The zero-order valence-corrected chi connectivity index (χ0v) is 13.4. The van der Waals surface area contributed by atoms with Crippen molar-refractivity contribution in [3.8, 4) is 0 Å². The van der Waals surface area contributed by atoms with Gasteiger partial charge in [-0.3, -0.25) is 10.1 Å². The summed E-state index contributed by atoms with van der Waals surface area (Å²) in [7, 11) is 0. The first kappa shape index (κ1) is 16.0. The molecule has 0 amide bonds. The molecule has 0 atom stereocenters. The summed E-state index contributed by atoms with van der Waals surface area (Å²) in [4.78, 5) is 17.2. The Hall–Kier alpha value is -2.83. The van der Waals surface area contributed by atoms with Crippen LogP contribution in [0.1, 0.15) is 24.2 Å². The lowest BCUT2D eigenvalue weighted by atomic mass is 10.2. The summed E-state index contributed by atoms with van der Waals surface area (Å²) < 4.78 is 5.35. The van der Waals surface area contributed by atoms with Gasteiger partial charge in [-0.1, -0.05) is 12.1 Å². The number of nitro benzene ring substituents is 1. The number of guanidine groups is 1. The van der Waals surface area contributed by atoms with Gasteiger partial charge in [-0.2, -0.15) is 0 Å². The average molecular weight is 328 g/mol. The van der Waals surface area contributed by atoms with Crippen LogP contribution in [-0.4, -0.2) is 28.9 Å². The standard InChI is InChI=1S/C17H20N4O3/c22-21(23)15-7-5-14(6-8-15)12-18-17(20-9-1-2-10-20)19-13-16-4-3-11-24-16/h3-8,11H,1-2,9-10,12-13H2,(H,18,19). The zero-order valence-electron chi connectivity index (χ0n) is 13.4. The molecule has 1 N–H and O–H groups in total. The van der Waals surface area contributed by atoms with Crippen molar-refractivity contribution in [2.45, 2.75) is 25.9 Å². The van der Waals surface area contributed by atoms with Gasteiger partial charge in [0.2, 0.25) is 0 Å². The second-order valence-corrected chi connectivity index (χ2v) is 5.69. The molecule has 0 unspecified atom stereocenters. The largest absolute Gasteiger partial charge is 0.467 e. The second-order valence-electron chi connectivity index (χ2n) is 5.69. The van der Waals surface area contributed by atoms with E-state index in [1.54, 1.807) is 18.4 Å². The quantitative estimate of drug-likeness (QED) is 0.395. The van der Waals surface area contributed by atoms with Gasteiger partial charge in [0.15, 0.2) is 5.96 Å². The average Bonchev–Trinajstić information content (AvgIpc) is 3.29. The molecule has 2 heterocycles. The van der Waals surface area contributed by atoms with E-state index in [0.29, 0.717) is 13.1 Å². The van der Waals surface area contributed by atoms with E-state index >= 15 is 0 Å². The number of benzene rings is 1. The first-order valence-electron chi connectivity index (χ1n) is 8.01. The van der Waals surface area contributed by atoms with E-state index in [9.17, 15) is 10.1 Å². The molecule has 24 heavy (non-hydrogen) atoms. The fraction of sp³-hybridized carbons (Fsp3) is 0.353. The Kier molecular flexibility index (Phi) is 5.10. The van der Waals surface area contributed by atoms with E-state index in [2.05, 4.69) is 15.2 Å². The smallest absolute Gasteiger partial charge is 0.269 e. The molecule has 1 fully saturated rings. The Bertz CT molecular complexity index is 689. The van der Waals surface area contributed by atoms with Gasteiger partial charge in [0.05, 0.1) is 24.3 Å². The Balaban J connectivity index is 1.66. The van der Waals surface area contributed by atoms with Crippen molar-refractivity contribution in [2.75, 3.05) is 13.1 Å². The highest BCUT2D eigenvalue weighted by Crippen LogP contribution is 2.13. The number of rotatable bonds is 5. The van der Waals surface area contributed by atoms with Crippen LogP contribution in [0.3, 0.4) is 0 Å². The summed E-state index contributed by atoms with van der Waals surface area (Å²) in [6.07, 6.45) is 3.98. The number of nitrogens with zero attached hydrogens (tertiary/aromatic N) is 3. The van der Waals surface area contributed by atoms with Gasteiger partial charge in [-0.25, -0.2) is 4.99 Å². The lowest BCUT2D eigenvalue weighted by molar-refractivity contribution is -0.384. The summed E-state index contributed by atoms with van der Waals surface area (Å²) in [6, 6.07) is 10.3. The number of nitro groups is 1. The van der Waals surface area contributed by atoms with Gasteiger partial charge in [0, 0.05) is 25.2 Å². The maximum Gasteiger partial charge on any atom is 0.269 e. The molecule has 3 rings (SSSR count). The van der Waals surface area contributed by atoms with Gasteiger partial charge in [-0.05, 0) is 30.5 Å². The Morgan fingerprint density at radius 1 is 1.25 bits per heavy atom. The van der Waals surface area contributed by atoms with Crippen LogP contribution in [0.25, 0.3) is 0 Å². The van der Waals surface area contributed by atoms with Crippen LogP contribution in [0.5, 0.6) is 0 Å². The Morgan fingerprint density at radius 3 is 2.62 bits per heavy atom. The molecule has 1 aromatic carbocycles. The van der Waals surface area contributed by atoms with E-state index in [1.807, 2.05) is 12.1 Å². The molecule has 1 aromatic heterocycles. The molecular weight excluding hydrogens is 308 g/mol. The zero-order chi connectivity index (χ0) is 16.8. The van der Waals surface area contributed by atoms with Gasteiger partial charge in [0.25, 0.3) is 5.69 Å². The number of furan rings is 1. The van der Waals surface area contributed by atoms with Crippen LogP contribution in [0, 0.1) is 10.1 Å². The van der Waals surface area contributed by atoms with Gasteiger partial charge in [0.1, 0.15) is 5.76 Å². The number of hydrogen-bond donors (Lipinski definition) is 1. The van der Waals surface area contributed by atoms with Crippen molar-refractivity contribution >= 4 is 11.6 Å². The monoisotopic (exact) mass is 328 g/mol. The SMILES string of the molecule is O=[N+]([O-])c1ccc(CN=C(NCc2ccco2)N2CCCC2)cc1. The van der Waals surface area contributed by atoms with Crippen LogP contribution in [0.4, 0.5) is 5.69 Å². The minimum Gasteiger partial charge on any atom is -0.467 e. The topological polar surface area (TPSA) is 83.9 Å². The molecule has 7 nitrogen and oxygen atoms in total. The highest BCUT2D eigenvalue weighted by atomic mass is 16.6. The van der Waals surface area contributed by atoms with Gasteiger partial charge in [-0.15, -0.1) is 0 Å². The van der Waals surface area contributed by atoms with E-state index in [4.69, 9.17) is 4.42 Å². The van der Waals surface area contributed by atoms with E-state index < -0.39 is 4.92 Å². The summed E-state index contributed by atoms with van der Waals surface area (Å²) in [5, 5.41) is 14.0. The van der Waals surface area contributed by atoms with Crippen molar-refractivity contribution in [2.24, 2.45) is 4.99 Å². The second kappa shape index (κ2) is 7.63. The minimum atomic E-state index is -0.395. The third kappa shape index (κ3) is 4.13. The number of hydrogen-bond acceptors (Lipinski definition) is 4. The van der Waals surface area contributed by atoms with Gasteiger partial charge < -0.3 is 14.6 Å². The van der Waals surface area contributed by atoms with Crippen molar-refractivity contribution in [1.29, 1.82) is 0 Å². The molecule has 0 radical (unpaired) electrons. The molecular formula is C17H20N4O3. The van der Waals surface area contributed by atoms with Crippen LogP contribution in [-0.2, 0) is 13.1 Å². The summed E-state index contributed by atoms with van der Waals surface area (Å²) in [5.74, 6) is 1.71. The highest BCUT2D eigenvalue weighted by molar-refractivity contribution is 5.80. The maximum atomic E-state index is 10.7. The normalized spacial score (nSPS) is 14.8. The van der Waals surface area contributed by atoms with Crippen LogP contribution in [0.2, 0.25) is 0 Å². The molecule has 0 saturated carbocycles. The summed E-state index contributed by atoms with van der Waals surface area (Å²) in [6.45, 7) is 3.05. The molecule has 1 aliphatic heterocycles. The summed E-state index contributed by atoms with van der Waals surface area (Å²) >= 11 is 0. The lowest BCUT2D eigenvalue weighted by Gasteiger charge is -2.21. The highest BCUT2D eigenvalue weighted by Gasteiger charge is 2.16. The van der Waals surface area contributed by atoms with Gasteiger partial charge >= 0.3 is 0 Å². The first-order valence-corrected chi connectivity index (χ1v) is 8.01. The number of aliphatic imine (C=N–C) groups is 1. The van der Waals surface area contributed by atoms with Crippen LogP contribution >= 0.6 is 0 Å². The number of non-ortho nitro benzene ring substituents is 1. The van der Waals surface area contributed by atoms with Crippen LogP contribution < -0.4 is 5.32 Å². The molecule has 0 aliphatic carbocycles. The molecule has 2 aromatic rings. The lowest BCUT2D eigenvalue weighted by Crippen LogP contribution is -2.39. The fourth-order valence-electron chi connectivity index (χ4n) is 2.67. The predicted molar refractivity (Wildman–Crippen MR) is 90.6 cm³/mol. The molecule has 7 heteroatoms. The van der Waals surface area contributed by atoms with E-state index in [-0.39, 0.29) is 5.69 Å². The van der Waals surface area contributed by atoms with E-state index in [1.165, 1.54) is 25.0 Å². The first-order chi connectivity index (χ1) is 11.7. The minimum absolute atomic E-state index is 0.0958. The Morgan fingerprint density at radius 2 is 2.00 bits per heavy atom. The molecule has 0 spiro atoms. The van der Waals surface area contributed by atoms with Crippen molar-refractivity contribution in [3.05, 3.63) is 64.1 Å². The maximum absolute atomic E-state index is 10.7. The van der Waals surface area contributed by atoms with Crippen LogP contribution in [0.15, 0.2) is 52.1 Å². The van der Waals surface area contributed by atoms with E-state index in [0.717, 1.165) is 30.4 Å². The third-order valence-corrected chi connectivity index (χ3v) is 3.96. The fourth-order valence-corrected chi connectivity index (χ4v) is 2.67. The van der Waals surface area contributed by atoms with Crippen molar-refractivity contribution in [3.63, 3.8) is 0 Å². The molecule has 1 aliphatic rings. The Labute approximate surface area is 140 Å². The summed E-state index contributed by atoms with van der Waals surface area (Å²) in [5.41, 5.74) is 1.04. The molecule has 126 valence electrons. The molecule has 0 bridgehead atoms. The number of likely N-dealkylation sites (tertiary alicyclic amines) is 1. The predicted octanol–water partition coefficient (Wildman–Crippen LogP) is 2.93. The third-order valence-electron chi connectivity index (χ3n) is 3.96. The van der Waals surface area contributed by atoms with Crippen molar-refractivity contribution < 1.29 is 9.34 Å². The van der Waals surface area contributed by atoms with Crippen molar-refractivity contribution in [1.82, 2.24) is 10.2 Å². The molecule has 1 saturated heterocycles.